The SMILES string of the molecule is CC1C(OC(=O)CCCCCCCCC(=O)[O-])CC(C)(C)N(C)C1(C)C. The third-order valence-corrected chi connectivity index (χ3v) is 6.44. The lowest BCUT2D eigenvalue weighted by molar-refractivity contribution is -0.305. The maximum absolute atomic E-state index is 12.3. The van der Waals surface area contributed by atoms with Gasteiger partial charge in [-0.25, -0.2) is 0 Å². The summed E-state index contributed by atoms with van der Waals surface area (Å²) in [5.74, 6) is -0.773. The number of nitrogens with zero attached hydrogens (tertiary/aromatic N) is 1. The lowest BCUT2D eigenvalue weighted by atomic mass is 9.72. The Labute approximate surface area is 159 Å². The van der Waals surface area contributed by atoms with Gasteiger partial charge in [-0.3, -0.25) is 9.69 Å². The van der Waals surface area contributed by atoms with Crippen molar-refractivity contribution >= 4 is 11.9 Å². The van der Waals surface area contributed by atoms with E-state index in [-0.39, 0.29) is 35.5 Å². The van der Waals surface area contributed by atoms with Gasteiger partial charge in [0.1, 0.15) is 6.10 Å². The second-order valence-corrected chi connectivity index (χ2v) is 9.04. The Morgan fingerprint density at radius 2 is 1.50 bits per heavy atom. The Morgan fingerprint density at radius 3 is 2.04 bits per heavy atom. The summed E-state index contributed by atoms with van der Waals surface area (Å²) < 4.78 is 5.86. The number of carbonyl (C=O) groups excluding carboxylic acids is 2. The number of rotatable bonds is 10. The highest BCUT2D eigenvalue weighted by atomic mass is 16.5. The molecule has 5 nitrogen and oxygen atoms in total. The molecule has 26 heavy (non-hydrogen) atoms. The van der Waals surface area contributed by atoms with Crippen LogP contribution >= 0.6 is 0 Å². The largest absolute Gasteiger partial charge is 0.550 e. The summed E-state index contributed by atoms with van der Waals surface area (Å²) in [5, 5.41) is 10.3. The van der Waals surface area contributed by atoms with Crippen molar-refractivity contribution in [2.75, 3.05) is 7.05 Å². The van der Waals surface area contributed by atoms with E-state index in [0.717, 1.165) is 38.5 Å². The average Bonchev–Trinajstić information content (AvgIpc) is 2.53. The van der Waals surface area contributed by atoms with E-state index < -0.39 is 5.97 Å². The van der Waals surface area contributed by atoms with Gasteiger partial charge >= 0.3 is 5.97 Å². The van der Waals surface area contributed by atoms with Crippen molar-refractivity contribution < 1.29 is 19.4 Å². The number of carbonyl (C=O) groups is 2. The van der Waals surface area contributed by atoms with Crippen LogP contribution in [0.4, 0.5) is 0 Å². The maximum Gasteiger partial charge on any atom is 0.306 e. The Hall–Kier alpha value is -1.10. The molecule has 0 radical (unpaired) electrons. The van der Waals surface area contributed by atoms with Gasteiger partial charge in [0.25, 0.3) is 0 Å². The van der Waals surface area contributed by atoms with Crippen LogP contribution in [0.1, 0.15) is 92.4 Å². The molecule has 0 aromatic carbocycles. The van der Waals surface area contributed by atoms with Crippen molar-refractivity contribution in [2.24, 2.45) is 5.92 Å². The molecule has 0 amide bonds. The quantitative estimate of drug-likeness (QED) is 0.437. The number of carboxylic acid groups (broad SMARTS) is 1. The summed E-state index contributed by atoms with van der Waals surface area (Å²) in [5.41, 5.74) is -0.00933. The van der Waals surface area contributed by atoms with Crippen molar-refractivity contribution in [1.29, 1.82) is 0 Å². The lowest BCUT2D eigenvalue weighted by Gasteiger charge is -2.56. The number of ether oxygens (including phenoxy) is 1. The second kappa shape index (κ2) is 9.72. The number of hydrogen-bond acceptors (Lipinski definition) is 5. The first-order valence-electron chi connectivity index (χ1n) is 10.1. The molecule has 0 spiro atoms. The summed E-state index contributed by atoms with van der Waals surface area (Å²) >= 11 is 0. The number of esters is 1. The standard InChI is InChI=1S/C21H39NO4/c1-16-17(15-20(2,3)22(6)21(16,4)5)26-19(25)14-12-10-8-7-9-11-13-18(23)24/h16-17H,7-15H2,1-6H3,(H,23,24)/p-1. The molecule has 0 aromatic heterocycles. The molecule has 1 aliphatic rings. The summed E-state index contributed by atoms with van der Waals surface area (Å²) in [7, 11) is 2.15. The number of hydrogen-bond donors (Lipinski definition) is 0. The van der Waals surface area contributed by atoms with Crippen LogP contribution in [0.25, 0.3) is 0 Å². The van der Waals surface area contributed by atoms with Gasteiger partial charge in [-0.2, -0.15) is 0 Å². The van der Waals surface area contributed by atoms with Crippen molar-refractivity contribution in [3.05, 3.63) is 0 Å². The molecule has 1 fully saturated rings. The van der Waals surface area contributed by atoms with Crippen LogP contribution in [-0.2, 0) is 14.3 Å². The molecule has 1 rings (SSSR count). The monoisotopic (exact) mass is 368 g/mol. The summed E-state index contributed by atoms with van der Waals surface area (Å²) in [6.07, 6.45) is 6.91. The Balaban J connectivity index is 2.29. The highest BCUT2D eigenvalue weighted by Gasteiger charge is 2.49. The third-order valence-electron chi connectivity index (χ3n) is 6.44. The molecule has 0 aromatic rings. The fourth-order valence-electron chi connectivity index (χ4n) is 3.96. The molecule has 2 unspecified atom stereocenters. The predicted octanol–water partition coefficient (Wildman–Crippen LogP) is 3.30. The van der Waals surface area contributed by atoms with Crippen LogP contribution in [0, 0.1) is 5.92 Å². The van der Waals surface area contributed by atoms with Crippen LogP contribution in [-0.4, -0.2) is 41.1 Å². The molecular weight excluding hydrogens is 330 g/mol. The highest BCUT2D eigenvalue weighted by molar-refractivity contribution is 5.69. The first kappa shape index (κ1) is 22.9. The molecule has 1 heterocycles. The fourth-order valence-corrected chi connectivity index (χ4v) is 3.96. The van der Waals surface area contributed by atoms with Gasteiger partial charge in [0.05, 0.1) is 0 Å². The van der Waals surface area contributed by atoms with Crippen LogP contribution in [0.3, 0.4) is 0 Å². The molecular formula is C21H38NO4-. The van der Waals surface area contributed by atoms with Crippen LogP contribution in [0.5, 0.6) is 0 Å². The summed E-state index contributed by atoms with van der Waals surface area (Å²) in [6, 6.07) is 0. The lowest BCUT2D eigenvalue weighted by Crippen LogP contribution is -2.64. The minimum absolute atomic E-state index is 0.00638. The minimum Gasteiger partial charge on any atom is -0.550 e. The van der Waals surface area contributed by atoms with Gasteiger partial charge in [-0.05, 0) is 54.0 Å². The zero-order valence-electron chi connectivity index (χ0n) is 17.6. The van der Waals surface area contributed by atoms with Crippen LogP contribution < -0.4 is 5.11 Å². The number of piperidine rings is 1. The maximum atomic E-state index is 12.3. The Kier molecular flexibility index (Phi) is 8.58. The average molecular weight is 369 g/mol. The number of aliphatic carboxylic acids is 1. The van der Waals surface area contributed by atoms with Gasteiger partial charge in [0.15, 0.2) is 0 Å². The minimum atomic E-state index is -0.970. The molecule has 1 saturated heterocycles. The zero-order valence-corrected chi connectivity index (χ0v) is 17.6. The van der Waals surface area contributed by atoms with E-state index >= 15 is 0 Å². The normalized spacial score (nSPS) is 25.0. The zero-order chi connectivity index (χ0) is 20.0. The van der Waals surface area contributed by atoms with Crippen molar-refractivity contribution in [3.8, 4) is 0 Å². The van der Waals surface area contributed by atoms with E-state index in [2.05, 4.69) is 46.6 Å². The van der Waals surface area contributed by atoms with E-state index in [1.54, 1.807) is 0 Å². The van der Waals surface area contributed by atoms with Gasteiger partial charge < -0.3 is 14.6 Å². The molecule has 0 aliphatic carbocycles. The van der Waals surface area contributed by atoms with E-state index in [4.69, 9.17) is 4.74 Å². The van der Waals surface area contributed by atoms with Crippen molar-refractivity contribution in [2.45, 2.75) is 110 Å². The molecule has 0 saturated carbocycles. The number of carboxylic acids is 1. The third kappa shape index (κ3) is 6.57. The van der Waals surface area contributed by atoms with Crippen molar-refractivity contribution in [1.82, 2.24) is 4.90 Å². The smallest absolute Gasteiger partial charge is 0.306 e. The van der Waals surface area contributed by atoms with E-state index in [1.807, 2.05) is 0 Å². The number of unbranched alkanes of at least 4 members (excludes halogenated alkanes) is 5. The van der Waals surface area contributed by atoms with Crippen molar-refractivity contribution in [3.63, 3.8) is 0 Å². The molecule has 1 aliphatic heterocycles. The molecule has 0 N–H and O–H groups in total. The van der Waals surface area contributed by atoms with Gasteiger partial charge in [0.2, 0.25) is 0 Å². The van der Waals surface area contributed by atoms with E-state index in [0.29, 0.717) is 12.8 Å². The molecule has 2 atom stereocenters. The fraction of sp³-hybridized carbons (Fsp3) is 0.905. The van der Waals surface area contributed by atoms with E-state index in [1.165, 1.54) is 0 Å². The number of likely N-dealkylation sites (tertiary alicyclic amines) is 1. The van der Waals surface area contributed by atoms with Gasteiger partial charge in [-0.1, -0.05) is 32.6 Å². The van der Waals surface area contributed by atoms with E-state index in [9.17, 15) is 14.7 Å². The molecule has 0 bridgehead atoms. The topological polar surface area (TPSA) is 69.7 Å². The van der Waals surface area contributed by atoms with Gasteiger partial charge in [0, 0.05) is 35.8 Å². The van der Waals surface area contributed by atoms with Crippen LogP contribution in [0.2, 0.25) is 0 Å². The van der Waals surface area contributed by atoms with Gasteiger partial charge in [-0.15, -0.1) is 0 Å². The first-order chi connectivity index (χ1) is 12.0. The first-order valence-corrected chi connectivity index (χ1v) is 10.1. The molecule has 152 valence electrons. The Bertz CT molecular complexity index is 473. The molecule has 5 heteroatoms. The summed E-state index contributed by atoms with van der Waals surface area (Å²) in [4.78, 5) is 25.0. The Morgan fingerprint density at radius 1 is 1.00 bits per heavy atom. The second-order valence-electron chi connectivity index (χ2n) is 9.04. The summed E-state index contributed by atoms with van der Waals surface area (Å²) in [6.45, 7) is 11.0. The van der Waals surface area contributed by atoms with Crippen LogP contribution in [0.15, 0.2) is 0 Å². The highest BCUT2D eigenvalue weighted by Crippen LogP contribution is 2.42. The predicted molar refractivity (Wildman–Crippen MR) is 102 cm³/mol.